The van der Waals surface area contributed by atoms with Crippen molar-refractivity contribution in [3.8, 4) is 11.6 Å². The molecule has 134 valence electrons. The standard InChI is InChI=1S/C17H12BrF2N3O3/c18-10-1-6-14-13(7-10)16(22-9-21-14)25-8-15(24)23-11-2-4-12(5-3-11)26-17(19)20/h1-7,9,17H,8H2,(H,23,24). The van der Waals surface area contributed by atoms with Gasteiger partial charge in [0.2, 0.25) is 5.88 Å². The molecule has 1 aromatic heterocycles. The van der Waals surface area contributed by atoms with Crippen LogP contribution in [0.5, 0.6) is 11.6 Å². The number of ether oxygens (including phenoxy) is 2. The highest BCUT2D eigenvalue weighted by molar-refractivity contribution is 9.10. The normalized spacial score (nSPS) is 10.8. The molecule has 9 heteroatoms. The Morgan fingerprint density at radius 3 is 2.65 bits per heavy atom. The molecule has 1 amide bonds. The molecule has 0 spiro atoms. The lowest BCUT2D eigenvalue weighted by molar-refractivity contribution is -0.118. The number of amides is 1. The second-order valence-corrected chi connectivity index (χ2v) is 6.00. The number of nitrogens with zero attached hydrogens (tertiary/aromatic N) is 2. The zero-order valence-electron chi connectivity index (χ0n) is 13.2. The van der Waals surface area contributed by atoms with Crippen LogP contribution in [-0.2, 0) is 4.79 Å². The van der Waals surface area contributed by atoms with Gasteiger partial charge in [0.05, 0.1) is 10.9 Å². The Morgan fingerprint density at radius 1 is 1.15 bits per heavy atom. The van der Waals surface area contributed by atoms with Gasteiger partial charge < -0.3 is 14.8 Å². The summed E-state index contributed by atoms with van der Waals surface area (Å²) in [5.74, 6) is -0.131. The number of rotatable bonds is 6. The van der Waals surface area contributed by atoms with Crippen molar-refractivity contribution in [2.75, 3.05) is 11.9 Å². The number of halogens is 3. The molecule has 1 heterocycles. The average Bonchev–Trinajstić information content (AvgIpc) is 2.61. The average molecular weight is 424 g/mol. The number of alkyl halides is 2. The molecule has 0 fully saturated rings. The number of hydrogen-bond acceptors (Lipinski definition) is 5. The van der Waals surface area contributed by atoms with Gasteiger partial charge in [-0.3, -0.25) is 4.79 Å². The Bertz CT molecular complexity index is 923. The van der Waals surface area contributed by atoms with Gasteiger partial charge >= 0.3 is 6.61 Å². The fourth-order valence-electron chi connectivity index (χ4n) is 2.17. The highest BCUT2D eigenvalue weighted by atomic mass is 79.9. The van der Waals surface area contributed by atoms with Crippen LogP contribution in [0, 0.1) is 0 Å². The van der Waals surface area contributed by atoms with E-state index in [9.17, 15) is 13.6 Å². The van der Waals surface area contributed by atoms with E-state index < -0.39 is 12.5 Å². The Morgan fingerprint density at radius 2 is 1.92 bits per heavy atom. The summed E-state index contributed by atoms with van der Waals surface area (Å²) in [5, 5.41) is 3.26. The molecule has 0 saturated carbocycles. The summed E-state index contributed by atoms with van der Waals surface area (Å²) in [6.07, 6.45) is 1.35. The largest absolute Gasteiger partial charge is 0.467 e. The van der Waals surface area contributed by atoms with Gasteiger partial charge in [0.1, 0.15) is 12.1 Å². The number of aromatic nitrogens is 2. The molecule has 6 nitrogen and oxygen atoms in total. The maximum atomic E-state index is 12.1. The third-order valence-electron chi connectivity index (χ3n) is 3.26. The van der Waals surface area contributed by atoms with E-state index in [1.54, 1.807) is 12.1 Å². The monoisotopic (exact) mass is 423 g/mol. The molecule has 0 atom stereocenters. The molecular weight excluding hydrogens is 412 g/mol. The van der Waals surface area contributed by atoms with Crippen LogP contribution in [0.2, 0.25) is 0 Å². The summed E-state index contributed by atoms with van der Waals surface area (Å²) in [5.41, 5.74) is 1.11. The van der Waals surface area contributed by atoms with Crippen LogP contribution < -0.4 is 14.8 Å². The van der Waals surface area contributed by atoms with Crippen LogP contribution in [0.25, 0.3) is 10.9 Å². The van der Waals surface area contributed by atoms with Crippen molar-refractivity contribution in [3.63, 3.8) is 0 Å². The van der Waals surface area contributed by atoms with Crippen LogP contribution in [0.4, 0.5) is 14.5 Å². The number of carbonyl (C=O) groups is 1. The van der Waals surface area contributed by atoms with Gasteiger partial charge in [-0.05, 0) is 42.5 Å². The summed E-state index contributed by atoms with van der Waals surface area (Å²) < 4.78 is 34.8. The number of hydrogen-bond donors (Lipinski definition) is 1. The van der Waals surface area contributed by atoms with E-state index in [1.165, 1.54) is 30.6 Å². The van der Waals surface area contributed by atoms with E-state index in [1.807, 2.05) is 6.07 Å². The van der Waals surface area contributed by atoms with Crippen LogP contribution in [0.1, 0.15) is 0 Å². The second-order valence-electron chi connectivity index (χ2n) is 5.08. The molecule has 3 aromatic rings. The van der Waals surface area contributed by atoms with Crippen molar-refractivity contribution < 1.29 is 23.0 Å². The van der Waals surface area contributed by atoms with Crippen LogP contribution in [0.3, 0.4) is 0 Å². The fourth-order valence-corrected chi connectivity index (χ4v) is 2.53. The highest BCUT2D eigenvalue weighted by Gasteiger charge is 2.09. The quantitative estimate of drug-likeness (QED) is 0.648. The fraction of sp³-hybridized carbons (Fsp3) is 0.118. The minimum atomic E-state index is -2.90. The molecule has 2 aromatic carbocycles. The Hall–Kier alpha value is -2.81. The predicted octanol–water partition coefficient (Wildman–Crippen LogP) is 4.01. The predicted molar refractivity (Wildman–Crippen MR) is 94.4 cm³/mol. The van der Waals surface area contributed by atoms with Crippen LogP contribution in [-0.4, -0.2) is 29.1 Å². The van der Waals surface area contributed by atoms with Gasteiger partial charge in [-0.2, -0.15) is 8.78 Å². The number of anilines is 1. The first-order valence-corrected chi connectivity index (χ1v) is 8.18. The molecule has 3 rings (SSSR count). The molecule has 0 unspecified atom stereocenters. The van der Waals surface area contributed by atoms with E-state index in [0.717, 1.165) is 4.47 Å². The number of fused-ring (bicyclic) bond motifs is 1. The van der Waals surface area contributed by atoms with Gasteiger partial charge in [-0.25, -0.2) is 9.97 Å². The topological polar surface area (TPSA) is 73.3 Å². The molecule has 0 aliphatic carbocycles. The summed E-state index contributed by atoms with van der Waals surface area (Å²) >= 11 is 3.36. The number of carbonyl (C=O) groups excluding carboxylic acids is 1. The van der Waals surface area contributed by atoms with Crippen molar-refractivity contribution in [2.24, 2.45) is 0 Å². The maximum Gasteiger partial charge on any atom is 0.387 e. The lowest BCUT2D eigenvalue weighted by Crippen LogP contribution is -2.20. The first-order chi connectivity index (χ1) is 12.5. The third-order valence-corrected chi connectivity index (χ3v) is 3.76. The maximum absolute atomic E-state index is 12.1. The number of benzene rings is 2. The molecule has 0 saturated heterocycles. The van der Waals surface area contributed by atoms with E-state index in [0.29, 0.717) is 16.6 Å². The second kappa shape index (κ2) is 8.05. The first-order valence-electron chi connectivity index (χ1n) is 7.39. The van der Waals surface area contributed by atoms with E-state index in [2.05, 4.69) is 36.0 Å². The zero-order valence-corrected chi connectivity index (χ0v) is 14.7. The molecule has 1 N–H and O–H groups in total. The smallest absolute Gasteiger partial charge is 0.387 e. The highest BCUT2D eigenvalue weighted by Crippen LogP contribution is 2.25. The lowest BCUT2D eigenvalue weighted by atomic mass is 10.2. The van der Waals surface area contributed by atoms with Gasteiger partial charge in [0.25, 0.3) is 5.91 Å². The van der Waals surface area contributed by atoms with Crippen molar-refractivity contribution in [3.05, 3.63) is 53.3 Å². The van der Waals surface area contributed by atoms with Crippen molar-refractivity contribution in [1.82, 2.24) is 9.97 Å². The van der Waals surface area contributed by atoms with E-state index >= 15 is 0 Å². The lowest BCUT2D eigenvalue weighted by Gasteiger charge is -2.09. The van der Waals surface area contributed by atoms with Gasteiger partial charge in [0, 0.05) is 10.2 Å². The summed E-state index contributed by atoms with van der Waals surface area (Å²) in [6, 6.07) is 11.0. The summed E-state index contributed by atoms with van der Waals surface area (Å²) in [6.45, 7) is -3.17. The van der Waals surface area contributed by atoms with Gasteiger partial charge in [0.15, 0.2) is 6.61 Å². The molecule has 0 bridgehead atoms. The van der Waals surface area contributed by atoms with Crippen LogP contribution >= 0.6 is 15.9 Å². The van der Waals surface area contributed by atoms with Crippen LogP contribution in [0.15, 0.2) is 53.3 Å². The Balaban J connectivity index is 1.62. The summed E-state index contributed by atoms with van der Waals surface area (Å²) in [4.78, 5) is 20.2. The molecular formula is C17H12BrF2N3O3. The van der Waals surface area contributed by atoms with Crippen molar-refractivity contribution in [2.45, 2.75) is 6.61 Å². The van der Waals surface area contributed by atoms with Gasteiger partial charge in [-0.15, -0.1) is 0 Å². The Labute approximate surface area is 155 Å². The first kappa shape index (κ1) is 18.0. The Kier molecular flexibility index (Phi) is 5.57. The molecule has 0 aliphatic heterocycles. The third kappa shape index (κ3) is 4.63. The van der Waals surface area contributed by atoms with Gasteiger partial charge in [-0.1, -0.05) is 15.9 Å². The zero-order chi connectivity index (χ0) is 18.5. The van der Waals surface area contributed by atoms with E-state index in [4.69, 9.17) is 4.74 Å². The minimum Gasteiger partial charge on any atom is -0.467 e. The van der Waals surface area contributed by atoms with Crippen molar-refractivity contribution in [1.29, 1.82) is 0 Å². The van der Waals surface area contributed by atoms with E-state index in [-0.39, 0.29) is 18.2 Å². The minimum absolute atomic E-state index is 0.00674. The molecule has 0 aliphatic rings. The number of nitrogens with one attached hydrogen (secondary N) is 1. The molecule has 26 heavy (non-hydrogen) atoms. The SMILES string of the molecule is O=C(COc1ncnc2ccc(Br)cc12)Nc1ccc(OC(F)F)cc1. The molecule has 0 radical (unpaired) electrons. The van der Waals surface area contributed by atoms with Crippen molar-refractivity contribution >= 4 is 38.4 Å². The summed E-state index contributed by atoms with van der Waals surface area (Å²) in [7, 11) is 0.